The van der Waals surface area contributed by atoms with E-state index in [4.69, 9.17) is 9.84 Å². The van der Waals surface area contributed by atoms with E-state index in [0.717, 1.165) is 6.20 Å². The monoisotopic (exact) mass is 242 g/mol. The number of ether oxygens (including phenoxy) is 1. The predicted molar refractivity (Wildman–Crippen MR) is 56.3 cm³/mol. The number of aromatic nitrogens is 2. The van der Waals surface area contributed by atoms with Crippen LogP contribution >= 0.6 is 0 Å². The minimum Gasteiger partial charge on any atom is -0.394 e. The molecule has 0 aliphatic carbocycles. The van der Waals surface area contributed by atoms with Gasteiger partial charge in [0.15, 0.2) is 0 Å². The van der Waals surface area contributed by atoms with Crippen LogP contribution in [0.1, 0.15) is 17.5 Å². The third kappa shape index (κ3) is 2.09. The quantitative estimate of drug-likeness (QED) is 0.488. The van der Waals surface area contributed by atoms with Crippen LogP contribution < -0.4 is 5.56 Å². The highest BCUT2D eigenvalue weighted by Crippen LogP contribution is 2.32. The zero-order valence-electron chi connectivity index (χ0n) is 9.20. The summed E-state index contributed by atoms with van der Waals surface area (Å²) < 4.78 is 5.31. The maximum atomic E-state index is 11.0. The van der Waals surface area contributed by atoms with E-state index in [1.807, 2.05) is 0 Å². The fourth-order valence-corrected chi connectivity index (χ4v) is 1.92. The van der Waals surface area contributed by atoms with Gasteiger partial charge in [0.1, 0.15) is 24.4 Å². The molecule has 0 radical (unpaired) electrons. The summed E-state index contributed by atoms with van der Waals surface area (Å²) in [7, 11) is 0. The first kappa shape index (κ1) is 12.2. The Labute approximate surface area is 96.7 Å². The first-order chi connectivity index (χ1) is 8.04. The van der Waals surface area contributed by atoms with E-state index < -0.39 is 31.0 Å². The van der Waals surface area contributed by atoms with Crippen LogP contribution in [0.25, 0.3) is 0 Å². The summed E-state index contributed by atoms with van der Waals surface area (Å²) in [6, 6.07) is 0. The van der Waals surface area contributed by atoms with Crippen LogP contribution in [0.3, 0.4) is 0 Å². The van der Waals surface area contributed by atoms with Gasteiger partial charge in [-0.1, -0.05) is 0 Å². The minimum absolute atomic E-state index is 0.349. The largest absolute Gasteiger partial charge is 0.394 e. The highest BCUT2D eigenvalue weighted by atomic mass is 16.6. The molecule has 0 amide bonds. The molecule has 4 atom stereocenters. The second kappa shape index (κ2) is 4.53. The van der Waals surface area contributed by atoms with Gasteiger partial charge in [-0.25, -0.2) is 0 Å². The van der Waals surface area contributed by atoms with E-state index >= 15 is 0 Å². The molecule has 94 valence electrons. The van der Waals surface area contributed by atoms with Crippen LogP contribution in [0.4, 0.5) is 0 Å². The number of hydrogen-bond donors (Lipinski definition) is 4. The lowest BCUT2D eigenvalue weighted by Crippen LogP contribution is -2.32. The average molecular weight is 242 g/mol. The van der Waals surface area contributed by atoms with Crippen LogP contribution in [0.2, 0.25) is 0 Å². The molecule has 2 rings (SSSR count). The summed E-state index contributed by atoms with van der Waals surface area (Å²) >= 11 is 0. The van der Waals surface area contributed by atoms with Crippen LogP contribution in [0.5, 0.6) is 0 Å². The van der Waals surface area contributed by atoms with Gasteiger partial charge in [-0.2, -0.15) is 0 Å². The van der Waals surface area contributed by atoms with E-state index in [2.05, 4.69) is 9.97 Å². The highest BCUT2D eigenvalue weighted by Gasteiger charge is 2.44. The van der Waals surface area contributed by atoms with Gasteiger partial charge < -0.3 is 25.0 Å². The van der Waals surface area contributed by atoms with Gasteiger partial charge in [0.05, 0.1) is 18.5 Å². The Morgan fingerprint density at radius 2 is 2.18 bits per heavy atom. The number of H-pyrrole nitrogens is 1. The number of aromatic amines is 1. The zero-order valence-corrected chi connectivity index (χ0v) is 9.20. The number of hydrogen-bond acceptors (Lipinski definition) is 6. The van der Waals surface area contributed by atoms with E-state index in [0.29, 0.717) is 11.4 Å². The molecule has 0 bridgehead atoms. The van der Waals surface area contributed by atoms with Crippen molar-refractivity contribution in [2.24, 2.45) is 0 Å². The molecular formula is C10H14N2O5. The molecule has 1 aliphatic heterocycles. The zero-order chi connectivity index (χ0) is 12.6. The fourth-order valence-electron chi connectivity index (χ4n) is 1.92. The third-order valence-corrected chi connectivity index (χ3v) is 2.83. The summed E-state index contributed by atoms with van der Waals surface area (Å²) in [5.74, 6) is 0. The number of aryl methyl sites for hydroxylation is 1. The molecule has 2 heterocycles. The molecule has 1 aromatic heterocycles. The lowest BCUT2D eigenvalue weighted by molar-refractivity contribution is -0.0242. The topological polar surface area (TPSA) is 116 Å². The molecule has 17 heavy (non-hydrogen) atoms. The predicted octanol–water partition coefficient (Wildman–Crippen LogP) is -1.77. The van der Waals surface area contributed by atoms with E-state index in [1.54, 1.807) is 6.92 Å². The standard InChI is InChI=1S/C10H14N2O5/c1-4-7(11-2-6(14)12-4)10-9(16)8(15)5(3-13)17-10/h2,5,8-10,13,15-16H,3H2,1H3,(H,12,14)/t5-,8?,9+,10+/m1/s1. The lowest BCUT2D eigenvalue weighted by Gasteiger charge is -2.15. The maximum absolute atomic E-state index is 11.0. The normalized spacial score (nSPS) is 32.9. The Hall–Kier alpha value is -1.28. The minimum atomic E-state index is -1.18. The Kier molecular flexibility index (Phi) is 3.25. The van der Waals surface area contributed by atoms with Crippen molar-refractivity contribution < 1.29 is 20.1 Å². The van der Waals surface area contributed by atoms with Gasteiger partial charge in [0.25, 0.3) is 5.56 Å². The Morgan fingerprint density at radius 3 is 2.71 bits per heavy atom. The van der Waals surface area contributed by atoms with Gasteiger partial charge in [-0.05, 0) is 6.92 Å². The van der Waals surface area contributed by atoms with Crippen molar-refractivity contribution in [1.82, 2.24) is 9.97 Å². The van der Waals surface area contributed by atoms with Crippen molar-refractivity contribution in [3.05, 3.63) is 27.9 Å². The molecule has 4 N–H and O–H groups in total. The van der Waals surface area contributed by atoms with E-state index in [9.17, 15) is 15.0 Å². The number of aliphatic hydroxyl groups is 3. The lowest BCUT2D eigenvalue weighted by atomic mass is 10.0. The molecule has 1 unspecified atom stereocenters. The van der Waals surface area contributed by atoms with Crippen LogP contribution in [-0.2, 0) is 4.74 Å². The van der Waals surface area contributed by atoms with Crippen LogP contribution in [-0.4, -0.2) is 50.2 Å². The molecule has 7 heteroatoms. The number of aliphatic hydroxyl groups excluding tert-OH is 3. The molecule has 0 spiro atoms. The van der Waals surface area contributed by atoms with Gasteiger partial charge in [0.2, 0.25) is 0 Å². The van der Waals surface area contributed by atoms with Crippen molar-refractivity contribution in [3.8, 4) is 0 Å². The van der Waals surface area contributed by atoms with Crippen LogP contribution in [0.15, 0.2) is 11.0 Å². The summed E-state index contributed by atoms with van der Waals surface area (Å²) in [6.07, 6.45) is -2.96. The van der Waals surface area contributed by atoms with Gasteiger partial charge >= 0.3 is 0 Å². The average Bonchev–Trinajstić information content (AvgIpc) is 2.57. The van der Waals surface area contributed by atoms with Crippen molar-refractivity contribution in [3.63, 3.8) is 0 Å². The second-order valence-electron chi connectivity index (χ2n) is 4.02. The van der Waals surface area contributed by atoms with Crippen molar-refractivity contribution in [2.45, 2.75) is 31.3 Å². The summed E-state index contributed by atoms with van der Waals surface area (Å²) in [6.45, 7) is 1.23. The first-order valence-electron chi connectivity index (χ1n) is 5.23. The second-order valence-corrected chi connectivity index (χ2v) is 4.02. The van der Waals surface area contributed by atoms with Crippen molar-refractivity contribution in [2.75, 3.05) is 6.61 Å². The molecule has 1 aliphatic rings. The molecular weight excluding hydrogens is 228 g/mol. The first-order valence-corrected chi connectivity index (χ1v) is 5.23. The number of nitrogens with one attached hydrogen (secondary N) is 1. The third-order valence-electron chi connectivity index (χ3n) is 2.83. The molecule has 7 nitrogen and oxygen atoms in total. The summed E-state index contributed by atoms with van der Waals surface area (Å²) in [4.78, 5) is 17.4. The van der Waals surface area contributed by atoms with Gasteiger partial charge in [0, 0.05) is 5.69 Å². The maximum Gasteiger partial charge on any atom is 0.266 e. The highest BCUT2D eigenvalue weighted by molar-refractivity contribution is 5.16. The molecule has 0 saturated carbocycles. The molecule has 1 saturated heterocycles. The smallest absolute Gasteiger partial charge is 0.266 e. The Morgan fingerprint density at radius 1 is 1.47 bits per heavy atom. The van der Waals surface area contributed by atoms with E-state index in [-0.39, 0.29) is 5.56 Å². The number of rotatable bonds is 2. The molecule has 1 aromatic rings. The fraction of sp³-hybridized carbons (Fsp3) is 0.600. The Balaban J connectivity index is 2.32. The summed E-state index contributed by atoms with van der Waals surface area (Å²) in [5.41, 5.74) is 0.470. The van der Waals surface area contributed by atoms with Gasteiger partial charge in [-0.15, -0.1) is 0 Å². The van der Waals surface area contributed by atoms with Crippen molar-refractivity contribution in [1.29, 1.82) is 0 Å². The number of nitrogens with zero attached hydrogens (tertiary/aromatic N) is 1. The van der Waals surface area contributed by atoms with E-state index in [1.165, 1.54) is 0 Å². The molecule has 1 fully saturated rings. The SMILES string of the molecule is Cc1[nH]c(=O)cnc1[C@@H]1O[C@H](CO)C(O)[C@@H]1O. The summed E-state index contributed by atoms with van der Waals surface area (Å²) in [5, 5.41) is 28.3. The van der Waals surface area contributed by atoms with Crippen molar-refractivity contribution >= 4 is 0 Å². The molecule has 0 aromatic carbocycles. The van der Waals surface area contributed by atoms with Crippen LogP contribution in [0, 0.1) is 6.92 Å². The Bertz CT molecular complexity index is 460. The van der Waals surface area contributed by atoms with Gasteiger partial charge in [-0.3, -0.25) is 9.78 Å².